The summed E-state index contributed by atoms with van der Waals surface area (Å²) in [5.74, 6) is -0.0200. The normalized spacial score (nSPS) is 10.8. The van der Waals surface area contributed by atoms with Gasteiger partial charge in [-0.3, -0.25) is 4.79 Å². The molecule has 6 heteroatoms. The van der Waals surface area contributed by atoms with Gasteiger partial charge in [-0.25, -0.2) is 0 Å². The summed E-state index contributed by atoms with van der Waals surface area (Å²) in [5.41, 5.74) is 4.75. The van der Waals surface area contributed by atoms with Crippen molar-refractivity contribution in [1.29, 1.82) is 0 Å². The number of hydrogen-bond acceptors (Lipinski definition) is 5. The van der Waals surface area contributed by atoms with Crippen LogP contribution in [0.5, 0.6) is 0 Å². The fourth-order valence-electron chi connectivity index (χ4n) is 3.15. The molecule has 1 N–H and O–H groups in total. The Morgan fingerprint density at radius 3 is 2.14 bits per heavy atom. The van der Waals surface area contributed by atoms with Crippen molar-refractivity contribution in [1.82, 2.24) is 10.2 Å². The zero-order valence-electron chi connectivity index (χ0n) is 15.6. The van der Waals surface area contributed by atoms with Crippen molar-refractivity contribution in [3.8, 4) is 0 Å². The molecule has 1 amide bonds. The van der Waals surface area contributed by atoms with Gasteiger partial charge in [0.1, 0.15) is 5.51 Å². The first kappa shape index (κ1) is 19.4. The van der Waals surface area contributed by atoms with Gasteiger partial charge in [0.25, 0.3) is 0 Å². The second-order valence-electron chi connectivity index (χ2n) is 6.43. The minimum absolute atomic E-state index is 0.000350. The van der Waals surface area contributed by atoms with Crippen LogP contribution in [0, 0.1) is 0 Å². The molecule has 4 rings (SSSR count). The fraction of sp³-hybridized carbons (Fsp3) is 0.0870. The summed E-state index contributed by atoms with van der Waals surface area (Å²) in [7, 11) is 0. The summed E-state index contributed by atoms with van der Waals surface area (Å²) in [5, 5.41) is 11.0. The topological polar surface area (TPSA) is 54.9 Å². The molecule has 3 aromatic carbocycles. The van der Waals surface area contributed by atoms with E-state index in [0.29, 0.717) is 6.42 Å². The van der Waals surface area contributed by atoms with Crippen LogP contribution in [-0.2, 0) is 4.79 Å². The molecule has 4 aromatic rings. The smallest absolute Gasteiger partial charge is 0.225 e. The number of aromatic nitrogens is 2. The van der Waals surface area contributed by atoms with Gasteiger partial charge < -0.3 is 5.32 Å². The number of para-hydroxylation sites is 1. The summed E-state index contributed by atoms with van der Waals surface area (Å²) in [6, 6.07) is 28.1. The molecule has 0 aliphatic carbocycles. The minimum atomic E-state index is -0.0204. The van der Waals surface area contributed by atoms with E-state index in [1.165, 1.54) is 23.1 Å². The molecule has 0 saturated heterocycles. The van der Waals surface area contributed by atoms with Gasteiger partial charge in [0.2, 0.25) is 5.91 Å². The summed E-state index contributed by atoms with van der Waals surface area (Å²) in [6.45, 7) is 0. The number of anilines is 1. The zero-order chi connectivity index (χ0) is 19.9. The highest BCUT2D eigenvalue weighted by atomic mass is 32.2. The molecule has 0 saturated carbocycles. The van der Waals surface area contributed by atoms with Crippen molar-refractivity contribution in [2.45, 2.75) is 21.6 Å². The highest BCUT2D eigenvalue weighted by Gasteiger charge is 2.19. The highest BCUT2D eigenvalue weighted by molar-refractivity contribution is 8.01. The first-order chi connectivity index (χ1) is 14.3. The van der Waals surface area contributed by atoms with E-state index in [9.17, 15) is 4.79 Å². The quantitative estimate of drug-likeness (QED) is 0.410. The van der Waals surface area contributed by atoms with E-state index in [1.807, 2.05) is 60.7 Å². The maximum absolute atomic E-state index is 13.0. The minimum Gasteiger partial charge on any atom is -0.325 e. The Morgan fingerprint density at radius 1 is 0.897 bits per heavy atom. The average Bonchev–Trinajstić information content (AvgIpc) is 3.28. The first-order valence-corrected chi connectivity index (χ1v) is 10.9. The Balaban J connectivity index is 1.53. The lowest BCUT2D eigenvalue weighted by atomic mass is 9.88. The van der Waals surface area contributed by atoms with E-state index < -0.39 is 0 Å². The molecule has 1 heterocycles. The Bertz CT molecular complexity index is 1010. The largest absolute Gasteiger partial charge is 0.325 e. The van der Waals surface area contributed by atoms with E-state index in [0.717, 1.165) is 26.0 Å². The van der Waals surface area contributed by atoms with Gasteiger partial charge in [0, 0.05) is 17.2 Å². The van der Waals surface area contributed by atoms with Crippen LogP contribution in [0.25, 0.3) is 0 Å². The molecule has 0 aliphatic rings. The number of hydrogen-bond donors (Lipinski definition) is 1. The number of rotatable bonds is 7. The van der Waals surface area contributed by atoms with E-state index >= 15 is 0 Å². The molecule has 0 aliphatic heterocycles. The zero-order valence-corrected chi connectivity index (χ0v) is 17.2. The molecule has 0 spiro atoms. The number of benzene rings is 3. The van der Waals surface area contributed by atoms with Crippen LogP contribution in [0.1, 0.15) is 23.5 Å². The van der Waals surface area contributed by atoms with Gasteiger partial charge in [0.15, 0.2) is 4.34 Å². The molecule has 0 bridgehead atoms. The summed E-state index contributed by atoms with van der Waals surface area (Å²) in [6.07, 6.45) is 0.367. The van der Waals surface area contributed by atoms with Crippen molar-refractivity contribution in [3.63, 3.8) is 0 Å². The van der Waals surface area contributed by atoms with Gasteiger partial charge in [-0.1, -0.05) is 95.9 Å². The molecule has 29 heavy (non-hydrogen) atoms. The molecule has 144 valence electrons. The predicted molar refractivity (Wildman–Crippen MR) is 118 cm³/mol. The van der Waals surface area contributed by atoms with Crippen molar-refractivity contribution in [2.24, 2.45) is 0 Å². The lowest BCUT2D eigenvalue weighted by Crippen LogP contribution is -2.17. The molecular formula is C23H19N3OS2. The lowest BCUT2D eigenvalue weighted by Gasteiger charge is -2.18. The average molecular weight is 418 g/mol. The van der Waals surface area contributed by atoms with Crippen molar-refractivity contribution < 1.29 is 4.79 Å². The number of carbonyl (C=O) groups is 1. The maximum atomic E-state index is 13.0. The molecule has 0 atom stereocenters. The molecule has 4 nitrogen and oxygen atoms in total. The van der Waals surface area contributed by atoms with Crippen LogP contribution in [0.3, 0.4) is 0 Å². The Morgan fingerprint density at radius 2 is 1.52 bits per heavy atom. The standard InChI is InChI=1S/C23H19N3OS2/c27-22(25-20-13-7-8-14-21(20)29-23-26-24-16-28-23)15-19(17-9-3-1-4-10-17)18-11-5-2-6-12-18/h1-14,16,19H,15H2,(H,25,27). The summed E-state index contributed by atoms with van der Waals surface area (Å²) < 4.78 is 0.846. The molecule has 1 aromatic heterocycles. The number of nitrogens with zero attached hydrogens (tertiary/aromatic N) is 2. The van der Waals surface area contributed by atoms with Crippen LogP contribution >= 0.6 is 23.1 Å². The summed E-state index contributed by atoms with van der Waals surface area (Å²) >= 11 is 2.98. The number of carbonyl (C=O) groups excluding carboxylic acids is 1. The van der Waals surface area contributed by atoms with E-state index in [-0.39, 0.29) is 11.8 Å². The van der Waals surface area contributed by atoms with Gasteiger partial charge in [-0.2, -0.15) is 0 Å². The van der Waals surface area contributed by atoms with Crippen LogP contribution < -0.4 is 5.32 Å². The van der Waals surface area contributed by atoms with E-state index in [1.54, 1.807) is 5.51 Å². The van der Waals surface area contributed by atoms with E-state index in [4.69, 9.17) is 0 Å². The van der Waals surface area contributed by atoms with E-state index in [2.05, 4.69) is 39.8 Å². The molecule has 0 radical (unpaired) electrons. The Kier molecular flexibility index (Phi) is 6.34. The van der Waals surface area contributed by atoms with Crippen molar-refractivity contribution in [3.05, 3.63) is 102 Å². The Hall–Kier alpha value is -2.96. The molecule has 0 fully saturated rings. The van der Waals surface area contributed by atoms with Crippen LogP contribution in [0.2, 0.25) is 0 Å². The third-order valence-corrected chi connectivity index (χ3v) is 6.35. The van der Waals surface area contributed by atoms with Gasteiger partial charge in [-0.15, -0.1) is 10.2 Å². The predicted octanol–water partition coefficient (Wildman–Crippen LogP) is 5.85. The van der Waals surface area contributed by atoms with Gasteiger partial charge in [0.05, 0.1) is 5.69 Å². The highest BCUT2D eigenvalue weighted by Crippen LogP contribution is 2.34. The SMILES string of the molecule is O=C(CC(c1ccccc1)c1ccccc1)Nc1ccccc1Sc1nncs1. The van der Waals surface area contributed by atoms with Gasteiger partial charge >= 0.3 is 0 Å². The maximum Gasteiger partial charge on any atom is 0.225 e. The second-order valence-corrected chi connectivity index (χ2v) is 8.55. The van der Waals surface area contributed by atoms with Crippen molar-refractivity contribution in [2.75, 3.05) is 5.32 Å². The van der Waals surface area contributed by atoms with Crippen molar-refractivity contribution >= 4 is 34.7 Å². The summed E-state index contributed by atoms with van der Waals surface area (Å²) in [4.78, 5) is 13.9. The third kappa shape index (κ3) is 5.10. The molecule has 0 unspecified atom stereocenters. The second kappa shape index (κ2) is 9.49. The first-order valence-electron chi connectivity index (χ1n) is 9.22. The van der Waals surface area contributed by atoms with Crippen LogP contribution in [0.15, 0.2) is 99.7 Å². The van der Waals surface area contributed by atoms with Gasteiger partial charge in [-0.05, 0) is 23.3 Å². The lowest BCUT2D eigenvalue weighted by molar-refractivity contribution is -0.116. The Labute approximate surface area is 178 Å². The third-order valence-electron chi connectivity index (χ3n) is 4.49. The fourth-order valence-corrected chi connectivity index (χ4v) is 4.67. The number of amides is 1. The molecular weight excluding hydrogens is 398 g/mol. The number of nitrogens with one attached hydrogen (secondary N) is 1. The monoisotopic (exact) mass is 417 g/mol. The van der Waals surface area contributed by atoms with Crippen LogP contribution in [0.4, 0.5) is 5.69 Å². The van der Waals surface area contributed by atoms with Crippen LogP contribution in [-0.4, -0.2) is 16.1 Å².